The molecule has 3 rings (SSSR count). The van der Waals surface area contributed by atoms with Crippen LogP contribution in [-0.4, -0.2) is 56.0 Å². The zero-order valence-electron chi connectivity index (χ0n) is 15.4. The van der Waals surface area contributed by atoms with Crippen molar-refractivity contribution in [1.82, 2.24) is 4.90 Å². The van der Waals surface area contributed by atoms with Gasteiger partial charge in [-0.05, 0) is 55.5 Å². The first-order chi connectivity index (χ1) is 13.1. The van der Waals surface area contributed by atoms with Gasteiger partial charge in [0.1, 0.15) is 0 Å². The van der Waals surface area contributed by atoms with Crippen LogP contribution in [0.25, 0.3) is 0 Å². The van der Waals surface area contributed by atoms with Crippen molar-refractivity contribution >= 4 is 29.0 Å². The second-order valence-corrected chi connectivity index (χ2v) is 6.90. The van der Waals surface area contributed by atoms with E-state index >= 15 is 0 Å². The monoisotopic (exact) mass is 386 g/mol. The van der Waals surface area contributed by atoms with E-state index in [1.807, 2.05) is 12.1 Å². The number of Topliss-reactive ketones (excluding diaryl/α,β-unsaturated/α-hetero) is 1. The lowest BCUT2D eigenvalue weighted by Crippen LogP contribution is -2.48. The molecular formula is C21H23ClN2O3. The number of carbonyl (C=O) groups is 2. The Kier molecular flexibility index (Phi) is 6.48. The largest absolute Gasteiger partial charge is 0.462 e. The van der Waals surface area contributed by atoms with Crippen molar-refractivity contribution in [2.45, 2.75) is 6.92 Å². The molecule has 5 nitrogen and oxygen atoms in total. The molecule has 0 N–H and O–H groups in total. The molecule has 0 unspecified atom stereocenters. The Morgan fingerprint density at radius 1 is 0.926 bits per heavy atom. The summed E-state index contributed by atoms with van der Waals surface area (Å²) in [4.78, 5) is 28.5. The summed E-state index contributed by atoms with van der Waals surface area (Å²) in [6, 6.07) is 14.5. The number of hydrogen-bond acceptors (Lipinski definition) is 5. The summed E-state index contributed by atoms with van der Waals surface area (Å²) in [5.41, 5.74) is 2.33. The Balaban J connectivity index is 1.52. The summed E-state index contributed by atoms with van der Waals surface area (Å²) in [5.74, 6) is -0.187. The van der Waals surface area contributed by atoms with Crippen LogP contribution in [0.1, 0.15) is 27.6 Å². The quantitative estimate of drug-likeness (QED) is 0.561. The maximum Gasteiger partial charge on any atom is 0.338 e. The zero-order valence-corrected chi connectivity index (χ0v) is 16.1. The van der Waals surface area contributed by atoms with Crippen LogP contribution in [0.2, 0.25) is 5.02 Å². The number of ketones is 1. The van der Waals surface area contributed by atoms with Crippen molar-refractivity contribution in [1.29, 1.82) is 0 Å². The topological polar surface area (TPSA) is 49.9 Å². The Hall–Kier alpha value is -2.37. The van der Waals surface area contributed by atoms with E-state index in [4.69, 9.17) is 16.3 Å². The van der Waals surface area contributed by atoms with Gasteiger partial charge in [-0.25, -0.2) is 4.79 Å². The highest BCUT2D eigenvalue weighted by Gasteiger charge is 2.20. The average Bonchev–Trinajstić information content (AvgIpc) is 2.69. The molecule has 0 atom stereocenters. The van der Waals surface area contributed by atoms with Crippen LogP contribution in [0.5, 0.6) is 0 Å². The summed E-state index contributed by atoms with van der Waals surface area (Å²) in [5, 5.41) is 0.633. The molecule has 2 aromatic carbocycles. The minimum absolute atomic E-state index is 0.110. The van der Waals surface area contributed by atoms with Crippen molar-refractivity contribution in [2.24, 2.45) is 0 Å². The highest BCUT2D eigenvalue weighted by atomic mass is 35.5. The van der Waals surface area contributed by atoms with Gasteiger partial charge in [0.2, 0.25) is 0 Å². The number of carbonyl (C=O) groups excluding carboxylic acids is 2. The number of nitrogens with zero attached hydrogens (tertiary/aromatic N) is 2. The Labute approximate surface area is 164 Å². The van der Waals surface area contributed by atoms with Gasteiger partial charge >= 0.3 is 5.97 Å². The van der Waals surface area contributed by atoms with Gasteiger partial charge < -0.3 is 9.64 Å². The van der Waals surface area contributed by atoms with E-state index < -0.39 is 0 Å². The van der Waals surface area contributed by atoms with Crippen molar-refractivity contribution < 1.29 is 14.3 Å². The van der Waals surface area contributed by atoms with E-state index in [2.05, 4.69) is 9.80 Å². The van der Waals surface area contributed by atoms with Crippen LogP contribution in [0, 0.1) is 0 Å². The van der Waals surface area contributed by atoms with Crippen LogP contribution >= 0.6 is 11.6 Å². The summed E-state index contributed by atoms with van der Waals surface area (Å²) >= 11 is 5.87. The number of hydrogen-bond donors (Lipinski definition) is 0. The van der Waals surface area contributed by atoms with Crippen molar-refractivity contribution in [3.63, 3.8) is 0 Å². The summed E-state index contributed by atoms with van der Waals surface area (Å²) in [6.07, 6.45) is 0. The summed E-state index contributed by atoms with van der Waals surface area (Å²) in [6.45, 7) is 5.90. The van der Waals surface area contributed by atoms with Gasteiger partial charge in [-0.15, -0.1) is 0 Å². The molecule has 0 radical (unpaired) electrons. The average molecular weight is 387 g/mol. The highest BCUT2D eigenvalue weighted by Crippen LogP contribution is 2.18. The lowest BCUT2D eigenvalue weighted by molar-refractivity contribution is 0.0526. The molecule has 0 saturated carbocycles. The molecule has 0 aliphatic carbocycles. The normalized spacial score (nSPS) is 14.8. The fourth-order valence-electron chi connectivity index (χ4n) is 3.12. The van der Waals surface area contributed by atoms with E-state index in [9.17, 15) is 9.59 Å². The van der Waals surface area contributed by atoms with Crippen molar-refractivity contribution in [3.8, 4) is 0 Å². The Bertz CT molecular complexity index is 782. The van der Waals surface area contributed by atoms with Crippen molar-refractivity contribution in [3.05, 3.63) is 64.7 Å². The third kappa shape index (κ3) is 5.08. The molecule has 27 heavy (non-hydrogen) atoms. The maximum absolute atomic E-state index is 12.4. The molecule has 0 aromatic heterocycles. The molecule has 0 amide bonds. The van der Waals surface area contributed by atoms with E-state index in [0.717, 1.165) is 31.9 Å². The molecule has 0 spiro atoms. The molecule has 1 aliphatic rings. The van der Waals surface area contributed by atoms with Gasteiger partial charge in [0.25, 0.3) is 0 Å². The number of piperazine rings is 1. The van der Waals surface area contributed by atoms with Crippen LogP contribution in [0.15, 0.2) is 48.5 Å². The number of halogens is 1. The number of benzene rings is 2. The first-order valence-corrected chi connectivity index (χ1v) is 9.48. The van der Waals surface area contributed by atoms with Crippen LogP contribution in [-0.2, 0) is 4.74 Å². The number of ether oxygens (including phenoxy) is 1. The fraction of sp³-hybridized carbons (Fsp3) is 0.333. The van der Waals surface area contributed by atoms with E-state index in [0.29, 0.717) is 29.3 Å². The second kappa shape index (κ2) is 9.02. The fourth-order valence-corrected chi connectivity index (χ4v) is 3.24. The smallest absolute Gasteiger partial charge is 0.338 e. The van der Waals surface area contributed by atoms with Gasteiger partial charge in [0.15, 0.2) is 5.78 Å². The molecule has 0 bridgehead atoms. The van der Waals surface area contributed by atoms with Crippen LogP contribution < -0.4 is 4.90 Å². The minimum atomic E-state index is -0.297. The SMILES string of the molecule is CCOC(=O)c1ccc(N2CCN(CC(=O)c3ccc(Cl)cc3)CC2)cc1. The third-order valence-electron chi connectivity index (χ3n) is 4.65. The summed E-state index contributed by atoms with van der Waals surface area (Å²) in [7, 11) is 0. The van der Waals surface area contributed by atoms with Crippen LogP contribution in [0.3, 0.4) is 0 Å². The predicted molar refractivity (Wildman–Crippen MR) is 107 cm³/mol. The lowest BCUT2D eigenvalue weighted by Gasteiger charge is -2.35. The molecule has 1 heterocycles. The Morgan fingerprint density at radius 3 is 2.11 bits per heavy atom. The second-order valence-electron chi connectivity index (χ2n) is 6.46. The van der Waals surface area contributed by atoms with Gasteiger partial charge in [0, 0.05) is 42.5 Å². The van der Waals surface area contributed by atoms with E-state index in [1.54, 1.807) is 43.3 Å². The van der Waals surface area contributed by atoms with E-state index in [-0.39, 0.29) is 11.8 Å². The first-order valence-electron chi connectivity index (χ1n) is 9.10. The Morgan fingerprint density at radius 2 is 1.52 bits per heavy atom. The van der Waals surface area contributed by atoms with Gasteiger partial charge in [0.05, 0.1) is 18.7 Å². The standard InChI is InChI=1S/C21H23ClN2O3/c1-2-27-21(26)17-5-9-19(10-6-17)24-13-11-23(12-14-24)15-20(25)16-3-7-18(22)8-4-16/h3-10H,2,11-15H2,1H3. The molecular weight excluding hydrogens is 364 g/mol. The lowest BCUT2D eigenvalue weighted by atomic mass is 10.1. The van der Waals surface area contributed by atoms with Gasteiger partial charge in [-0.3, -0.25) is 9.69 Å². The molecule has 6 heteroatoms. The minimum Gasteiger partial charge on any atom is -0.462 e. The van der Waals surface area contributed by atoms with E-state index in [1.165, 1.54) is 0 Å². The first kappa shape index (κ1) is 19.4. The maximum atomic E-state index is 12.4. The van der Waals surface area contributed by atoms with Gasteiger partial charge in [-0.1, -0.05) is 11.6 Å². The molecule has 1 fully saturated rings. The predicted octanol–water partition coefficient (Wildman–Crippen LogP) is 3.52. The molecule has 142 valence electrons. The molecule has 1 saturated heterocycles. The summed E-state index contributed by atoms with van der Waals surface area (Å²) < 4.78 is 5.01. The highest BCUT2D eigenvalue weighted by molar-refractivity contribution is 6.30. The van der Waals surface area contributed by atoms with Crippen LogP contribution in [0.4, 0.5) is 5.69 Å². The zero-order chi connectivity index (χ0) is 19.2. The molecule has 1 aliphatic heterocycles. The number of rotatable bonds is 6. The molecule has 2 aromatic rings. The third-order valence-corrected chi connectivity index (χ3v) is 4.90. The number of esters is 1. The van der Waals surface area contributed by atoms with Gasteiger partial charge in [-0.2, -0.15) is 0 Å². The number of anilines is 1. The van der Waals surface area contributed by atoms with Crippen molar-refractivity contribution in [2.75, 3.05) is 44.2 Å².